The van der Waals surface area contributed by atoms with Gasteiger partial charge in [-0.05, 0) is 26.0 Å². The molecule has 19 heavy (non-hydrogen) atoms. The van der Waals surface area contributed by atoms with Gasteiger partial charge in [0.15, 0.2) is 0 Å². The van der Waals surface area contributed by atoms with E-state index in [1.807, 2.05) is 38.1 Å². The predicted molar refractivity (Wildman–Crippen MR) is 73.9 cm³/mol. The Morgan fingerprint density at radius 3 is 2.68 bits per heavy atom. The van der Waals surface area contributed by atoms with E-state index >= 15 is 0 Å². The highest BCUT2D eigenvalue weighted by Gasteiger charge is 2.10. The van der Waals surface area contributed by atoms with Gasteiger partial charge in [0.1, 0.15) is 5.69 Å². The lowest BCUT2D eigenvalue weighted by Crippen LogP contribution is -2.39. The molecule has 0 radical (unpaired) electrons. The first-order valence-corrected chi connectivity index (χ1v) is 6.21. The van der Waals surface area contributed by atoms with Crippen molar-refractivity contribution < 1.29 is 9.59 Å². The zero-order valence-corrected chi connectivity index (χ0v) is 11.0. The molecule has 3 N–H and O–H groups in total. The molecule has 2 rings (SSSR count). The van der Waals surface area contributed by atoms with E-state index < -0.39 is 0 Å². The van der Waals surface area contributed by atoms with E-state index in [9.17, 15) is 9.59 Å². The van der Waals surface area contributed by atoms with E-state index in [0.29, 0.717) is 5.69 Å². The van der Waals surface area contributed by atoms with Crippen LogP contribution in [0.4, 0.5) is 0 Å². The normalized spacial score (nSPS) is 10.7. The quantitative estimate of drug-likeness (QED) is 0.777. The fraction of sp³-hybridized carbons (Fsp3) is 0.286. The zero-order valence-electron chi connectivity index (χ0n) is 11.0. The number of H-pyrrole nitrogens is 1. The summed E-state index contributed by atoms with van der Waals surface area (Å²) >= 11 is 0. The average Bonchev–Trinajstić information content (AvgIpc) is 2.78. The number of nitrogens with one attached hydrogen (secondary N) is 3. The van der Waals surface area contributed by atoms with Crippen molar-refractivity contribution >= 4 is 22.7 Å². The van der Waals surface area contributed by atoms with Crippen LogP contribution in [0.1, 0.15) is 24.3 Å². The number of carbonyl (C=O) groups is 2. The summed E-state index contributed by atoms with van der Waals surface area (Å²) in [6, 6.07) is 9.47. The summed E-state index contributed by atoms with van der Waals surface area (Å²) in [5.74, 6) is -0.477. The molecule has 0 aliphatic carbocycles. The molecule has 5 nitrogen and oxygen atoms in total. The number of hydrogen-bond donors (Lipinski definition) is 3. The zero-order chi connectivity index (χ0) is 13.8. The Morgan fingerprint density at radius 1 is 1.26 bits per heavy atom. The smallest absolute Gasteiger partial charge is 0.268 e. The summed E-state index contributed by atoms with van der Waals surface area (Å²) in [5, 5.41) is 6.27. The van der Waals surface area contributed by atoms with Gasteiger partial charge < -0.3 is 15.6 Å². The molecule has 5 heteroatoms. The summed E-state index contributed by atoms with van der Waals surface area (Å²) in [6.07, 6.45) is 0. The van der Waals surface area contributed by atoms with E-state index in [2.05, 4.69) is 15.6 Å². The molecule has 2 amide bonds. The van der Waals surface area contributed by atoms with Crippen molar-refractivity contribution in [3.8, 4) is 0 Å². The third kappa shape index (κ3) is 3.34. The molecule has 0 spiro atoms. The van der Waals surface area contributed by atoms with E-state index in [4.69, 9.17) is 0 Å². The van der Waals surface area contributed by atoms with Gasteiger partial charge in [-0.1, -0.05) is 18.2 Å². The number of aromatic nitrogens is 1. The Hall–Kier alpha value is -2.30. The minimum absolute atomic E-state index is 0.0214. The maximum Gasteiger partial charge on any atom is 0.268 e. The average molecular weight is 259 g/mol. The number of hydrogen-bond acceptors (Lipinski definition) is 2. The SMILES string of the molecule is CC(C)NC(=O)CNC(=O)c1cc2ccccc2[nH]1. The molecule has 1 aromatic carbocycles. The summed E-state index contributed by atoms with van der Waals surface area (Å²) in [7, 11) is 0. The summed E-state index contributed by atoms with van der Waals surface area (Å²) in [5.41, 5.74) is 1.36. The molecule has 0 aliphatic rings. The molecular formula is C14H17N3O2. The van der Waals surface area contributed by atoms with Crippen LogP contribution in [0.2, 0.25) is 0 Å². The van der Waals surface area contributed by atoms with Gasteiger partial charge in [-0.15, -0.1) is 0 Å². The lowest BCUT2D eigenvalue weighted by atomic mass is 10.2. The lowest BCUT2D eigenvalue weighted by Gasteiger charge is -2.08. The highest BCUT2D eigenvalue weighted by Crippen LogP contribution is 2.14. The van der Waals surface area contributed by atoms with E-state index in [1.165, 1.54) is 0 Å². The number of fused-ring (bicyclic) bond motifs is 1. The van der Waals surface area contributed by atoms with Gasteiger partial charge in [-0.2, -0.15) is 0 Å². The first-order valence-electron chi connectivity index (χ1n) is 6.21. The standard InChI is InChI=1S/C14H17N3O2/c1-9(2)16-13(18)8-15-14(19)12-7-10-5-3-4-6-11(10)17-12/h3-7,9,17H,8H2,1-2H3,(H,15,19)(H,16,18). The van der Waals surface area contributed by atoms with Gasteiger partial charge in [-0.25, -0.2) is 0 Å². The van der Waals surface area contributed by atoms with Gasteiger partial charge in [0, 0.05) is 16.9 Å². The Labute approximate surface area is 111 Å². The molecule has 1 aromatic heterocycles. The van der Waals surface area contributed by atoms with Crippen LogP contribution in [0, 0.1) is 0 Å². The number of aromatic amines is 1. The highest BCUT2D eigenvalue weighted by atomic mass is 16.2. The first kappa shape index (κ1) is 13.1. The second-order valence-corrected chi connectivity index (χ2v) is 4.68. The molecule has 0 atom stereocenters. The van der Waals surface area contributed by atoms with Crippen molar-refractivity contribution in [2.24, 2.45) is 0 Å². The summed E-state index contributed by atoms with van der Waals surface area (Å²) in [6.45, 7) is 3.72. The van der Waals surface area contributed by atoms with Gasteiger partial charge in [0.05, 0.1) is 6.54 Å². The van der Waals surface area contributed by atoms with Crippen LogP contribution in [0.25, 0.3) is 10.9 Å². The van der Waals surface area contributed by atoms with Crippen molar-refractivity contribution in [2.75, 3.05) is 6.54 Å². The van der Waals surface area contributed by atoms with Crippen LogP contribution >= 0.6 is 0 Å². The number of carbonyl (C=O) groups excluding carboxylic acids is 2. The van der Waals surface area contributed by atoms with Crippen molar-refractivity contribution in [1.82, 2.24) is 15.6 Å². The maximum atomic E-state index is 11.9. The number of amides is 2. The molecular weight excluding hydrogens is 242 g/mol. The first-order chi connectivity index (χ1) is 9.06. The van der Waals surface area contributed by atoms with Crippen molar-refractivity contribution in [2.45, 2.75) is 19.9 Å². The Morgan fingerprint density at radius 2 is 2.00 bits per heavy atom. The molecule has 1 heterocycles. The van der Waals surface area contributed by atoms with Crippen molar-refractivity contribution in [1.29, 1.82) is 0 Å². The van der Waals surface area contributed by atoms with Gasteiger partial charge in [-0.3, -0.25) is 9.59 Å². The van der Waals surface area contributed by atoms with Crippen LogP contribution in [0.3, 0.4) is 0 Å². The molecule has 0 saturated heterocycles. The van der Waals surface area contributed by atoms with Gasteiger partial charge in [0.2, 0.25) is 5.91 Å². The number of rotatable bonds is 4. The highest BCUT2D eigenvalue weighted by molar-refractivity contribution is 5.99. The molecule has 0 saturated carbocycles. The fourth-order valence-corrected chi connectivity index (χ4v) is 1.82. The van der Waals surface area contributed by atoms with Crippen molar-refractivity contribution in [3.63, 3.8) is 0 Å². The summed E-state index contributed by atoms with van der Waals surface area (Å²) in [4.78, 5) is 26.3. The van der Waals surface area contributed by atoms with Gasteiger partial charge in [0.25, 0.3) is 5.91 Å². The number of benzene rings is 1. The third-order valence-corrected chi connectivity index (χ3v) is 2.63. The van der Waals surface area contributed by atoms with Crippen LogP contribution in [0.15, 0.2) is 30.3 Å². The fourth-order valence-electron chi connectivity index (χ4n) is 1.82. The Bertz CT molecular complexity index is 569. The Balaban J connectivity index is 1.98. The van der Waals surface area contributed by atoms with Crippen LogP contribution in [-0.2, 0) is 4.79 Å². The lowest BCUT2D eigenvalue weighted by molar-refractivity contribution is -0.120. The molecule has 0 fully saturated rings. The third-order valence-electron chi connectivity index (χ3n) is 2.63. The number of para-hydroxylation sites is 1. The van der Waals surface area contributed by atoms with Crippen molar-refractivity contribution in [3.05, 3.63) is 36.0 Å². The predicted octanol–water partition coefficient (Wildman–Crippen LogP) is 1.42. The topological polar surface area (TPSA) is 74.0 Å². The summed E-state index contributed by atoms with van der Waals surface area (Å²) < 4.78 is 0. The second-order valence-electron chi connectivity index (χ2n) is 4.68. The van der Waals surface area contributed by atoms with E-state index in [1.54, 1.807) is 6.07 Å². The second kappa shape index (κ2) is 5.56. The molecule has 0 bridgehead atoms. The van der Waals surface area contributed by atoms with Gasteiger partial charge >= 0.3 is 0 Å². The molecule has 100 valence electrons. The minimum Gasteiger partial charge on any atom is -0.352 e. The largest absolute Gasteiger partial charge is 0.352 e. The van der Waals surface area contributed by atoms with E-state index in [-0.39, 0.29) is 24.4 Å². The monoisotopic (exact) mass is 259 g/mol. The minimum atomic E-state index is -0.282. The van der Waals surface area contributed by atoms with E-state index in [0.717, 1.165) is 10.9 Å². The Kier molecular flexibility index (Phi) is 3.85. The maximum absolute atomic E-state index is 11.9. The van der Waals surface area contributed by atoms with Crippen LogP contribution < -0.4 is 10.6 Å². The van der Waals surface area contributed by atoms with Crippen LogP contribution in [0.5, 0.6) is 0 Å². The molecule has 2 aromatic rings. The molecule has 0 unspecified atom stereocenters. The molecule has 0 aliphatic heterocycles. The van der Waals surface area contributed by atoms with Crippen LogP contribution in [-0.4, -0.2) is 29.4 Å².